The van der Waals surface area contributed by atoms with Crippen molar-refractivity contribution in [2.24, 2.45) is 0 Å². The average molecular weight is 606 g/mol. The van der Waals surface area contributed by atoms with Crippen LogP contribution in [0.25, 0.3) is 0 Å². The molecule has 1 atom stereocenters. The molecule has 2 N–H and O–H groups in total. The van der Waals surface area contributed by atoms with E-state index in [1.165, 1.54) is 38.3 Å². The van der Waals surface area contributed by atoms with E-state index in [2.05, 4.69) is 10.0 Å². The SMILES string of the molecule is COc1ccc(N([C@H](C)C(=O)Nc2ccc(S(=O)(=O)Nc3ccc(Cl)c(C(F)(F)F)c3)cc2)S(C)(=O)=O)cc1. The Bertz CT molecular complexity index is 1560. The van der Waals surface area contributed by atoms with Gasteiger partial charge in [-0.05, 0) is 73.7 Å². The van der Waals surface area contributed by atoms with Crippen LogP contribution in [-0.4, -0.2) is 42.2 Å². The zero-order valence-corrected chi connectivity index (χ0v) is 23.0. The number of rotatable bonds is 9. The van der Waals surface area contributed by atoms with Crippen molar-refractivity contribution in [2.75, 3.05) is 27.7 Å². The third kappa shape index (κ3) is 7.34. The Morgan fingerprint density at radius 2 is 1.51 bits per heavy atom. The predicted octanol–water partition coefficient (Wildman–Crippen LogP) is 4.96. The minimum absolute atomic E-state index is 0.153. The standard InChI is InChI=1S/C24H23ClF3N3O6S2/c1-15(31(38(3,33)34)18-7-9-19(37-2)10-8-18)23(32)29-16-4-11-20(12-5-16)39(35,36)30-17-6-13-22(25)21(14-17)24(26,27)28/h4-15,30H,1-3H3,(H,29,32)/t15-/m1/s1. The molecule has 9 nitrogen and oxygen atoms in total. The molecule has 0 unspecified atom stereocenters. The lowest BCUT2D eigenvalue weighted by Crippen LogP contribution is -2.45. The number of hydrogen-bond donors (Lipinski definition) is 2. The molecule has 3 rings (SSSR count). The topological polar surface area (TPSA) is 122 Å². The molecule has 1 amide bonds. The summed E-state index contributed by atoms with van der Waals surface area (Å²) in [6.45, 7) is 1.38. The molecule has 0 aliphatic rings. The summed E-state index contributed by atoms with van der Waals surface area (Å²) in [7, 11) is -6.72. The molecule has 3 aromatic rings. The van der Waals surface area contributed by atoms with E-state index in [9.17, 15) is 34.8 Å². The van der Waals surface area contributed by atoms with Crippen molar-refractivity contribution in [1.29, 1.82) is 0 Å². The van der Waals surface area contributed by atoms with Crippen LogP contribution in [0.1, 0.15) is 12.5 Å². The minimum Gasteiger partial charge on any atom is -0.497 e. The number of nitrogens with one attached hydrogen (secondary N) is 2. The largest absolute Gasteiger partial charge is 0.497 e. The first-order valence-corrected chi connectivity index (χ1v) is 14.7. The van der Waals surface area contributed by atoms with Crippen LogP contribution in [0.4, 0.5) is 30.2 Å². The highest BCUT2D eigenvalue weighted by atomic mass is 35.5. The van der Waals surface area contributed by atoms with Crippen molar-refractivity contribution in [3.05, 3.63) is 77.3 Å². The molecule has 0 bridgehead atoms. The van der Waals surface area contributed by atoms with Gasteiger partial charge in [-0.2, -0.15) is 13.2 Å². The summed E-state index contributed by atoms with van der Waals surface area (Å²) in [6, 6.07) is 12.2. The van der Waals surface area contributed by atoms with E-state index < -0.39 is 48.8 Å². The smallest absolute Gasteiger partial charge is 0.417 e. The predicted molar refractivity (Wildman–Crippen MR) is 142 cm³/mol. The summed E-state index contributed by atoms with van der Waals surface area (Å²) < 4.78 is 97.6. The Morgan fingerprint density at radius 1 is 0.949 bits per heavy atom. The van der Waals surface area contributed by atoms with Gasteiger partial charge in [-0.15, -0.1) is 0 Å². The van der Waals surface area contributed by atoms with Crippen molar-refractivity contribution in [3.8, 4) is 5.75 Å². The highest BCUT2D eigenvalue weighted by Crippen LogP contribution is 2.36. The zero-order chi connectivity index (χ0) is 29.2. The number of carbonyl (C=O) groups excluding carboxylic acids is 1. The molecule has 0 aliphatic carbocycles. The van der Waals surface area contributed by atoms with E-state index in [1.54, 1.807) is 12.1 Å². The fraction of sp³-hybridized carbons (Fsp3) is 0.208. The van der Waals surface area contributed by atoms with Gasteiger partial charge in [0.1, 0.15) is 11.8 Å². The van der Waals surface area contributed by atoms with Crippen LogP contribution in [0.3, 0.4) is 0 Å². The Balaban J connectivity index is 1.77. The maximum absolute atomic E-state index is 13.1. The second-order valence-electron chi connectivity index (χ2n) is 8.24. The van der Waals surface area contributed by atoms with Crippen LogP contribution in [0.15, 0.2) is 71.6 Å². The van der Waals surface area contributed by atoms with Gasteiger partial charge in [-0.1, -0.05) is 11.6 Å². The van der Waals surface area contributed by atoms with E-state index >= 15 is 0 Å². The average Bonchev–Trinajstić information content (AvgIpc) is 2.84. The van der Waals surface area contributed by atoms with Crippen LogP contribution in [0.2, 0.25) is 5.02 Å². The maximum Gasteiger partial charge on any atom is 0.417 e. The summed E-state index contributed by atoms with van der Waals surface area (Å²) in [5.74, 6) is -0.212. The lowest BCUT2D eigenvalue weighted by Gasteiger charge is -2.28. The molecule has 0 heterocycles. The van der Waals surface area contributed by atoms with Crippen molar-refractivity contribution in [1.82, 2.24) is 0 Å². The van der Waals surface area contributed by atoms with E-state index in [-0.39, 0.29) is 22.0 Å². The first-order valence-electron chi connectivity index (χ1n) is 11.0. The molecule has 3 aromatic carbocycles. The fourth-order valence-corrected chi connectivity index (χ4v) is 5.97. The van der Waals surface area contributed by atoms with Gasteiger partial charge in [0.05, 0.1) is 34.5 Å². The number of ether oxygens (including phenoxy) is 1. The number of alkyl halides is 3. The second-order valence-corrected chi connectivity index (χ2v) is 12.2. The molecule has 15 heteroatoms. The van der Waals surface area contributed by atoms with Gasteiger partial charge in [-0.3, -0.25) is 13.8 Å². The van der Waals surface area contributed by atoms with Crippen molar-refractivity contribution < 1.29 is 39.5 Å². The number of benzene rings is 3. The molecule has 210 valence electrons. The van der Waals surface area contributed by atoms with E-state index in [0.717, 1.165) is 34.8 Å². The van der Waals surface area contributed by atoms with Gasteiger partial charge < -0.3 is 10.1 Å². The highest BCUT2D eigenvalue weighted by molar-refractivity contribution is 7.92. The first-order chi connectivity index (χ1) is 18.0. The number of hydrogen-bond acceptors (Lipinski definition) is 6. The molecule has 39 heavy (non-hydrogen) atoms. The van der Waals surface area contributed by atoms with Gasteiger partial charge >= 0.3 is 6.18 Å². The molecule has 0 radical (unpaired) electrons. The molecular weight excluding hydrogens is 583 g/mol. The summed E-state index contributed by atoms with van der Waals surface area (Å²) >= 11 is 5.57. The summed E-state index contributed by atoms with van der Waals surface area (Å²) in [6.07, 6.45) is -3.83. The Morgan fingerprint density at radius 3 is 2.03 bits per heavy atom. The number of methoxy groups -OCH3 is 1. The quantitative estimate of drug-likeness (QED) is 0.356. The normalized spacial score (nSPS) is 12.9. The van der Waals surface area contributed by atoms with Gasteiger partial charge in [0, 0.05) is 11.4 Å². The monoisotopic (exact) mass is 605 g/mol. The number of amides is 1. The number of anilines is 3. The Kier molecular flexibility index (Phi) is 8.72. The third-order valence-electron chi connectivity index (χ3n) is 5.37. The molecule has 0 aromatic heterocycles. The van der Waals surface area contributed by atoms with Gasteiger partial charge in [0.15, 0.2) is 0 Å². The number of sulfonamides is 2. The molecule has 0 saturated heterocycles. The minimum atomic E-state index is -4.78. The van der Waals surface area contributed by atoms with Crippen LogP contribution in [-0.2, 0) is 31.0 Å². The lowest BCUT2D eigenvalue weighted by molar-refractivity contribution is -0.137. The molecule has 0 spiro atoms. The van der Waals surface area contributed by atoms with Gasteiger partial charge in [0.25, 0.3) is 10.0 Å². The van der Waals surface area contributed by atoms with E-state index in [0.29, 0.717) is 11.8 Å². The van der Waals surface area contributed by atoms with Crippen molar-refractivity contribution in [3.63, 3.8) is 0 Å². The van der Waals surface area contributed by atoms with E-state index in [1.807, 2.05) is 0 Å². The van der Waals surface area contributed by atoms with Crippen LogP contribution < -0.4 is 19.1 Å². The van der Waals surface area contributed by atoms with Crippen LogP contribution in [0, 0.1) is 0 Å². The first kappa shape index (κ1) is 30.1. The highest BCUT2D eigenvalue weighted by Gasteiger charge is 2.34. The molecule has 0 fully saturated rings. The Labute approximate surface area is 228 Å². The summed E-state index contributed by atoms with van der Waals surface area (Å²) in [5.41, 5.74) is -1.17. The summed E-state index contributed by atoms with van der Waals surface area (Å²) in [5, 5.41) is 1.94. The summed E-state index contributed by atoms with van der Waals surface area (Å²) in [4.78, 5) is 12.6. The van der Waals surface area contributed by atoms with Crippen LogP contribution in [0.5, 0.6) is 5.75 Å². The number of carbonyl (C=O) groups is 1. The lowest BCUT2D eigenvalue weighted by atomic mass is 10.2. The van der Waals surface area contributed by atoms with E-state index in [4.69, 9.17) is 16.3 Å². The van der Waals surface area contributed by atoms with Gasteiger partial charge in [0.2, 0.25) is 15.9 Å². The zero-order valence-electron chi connectivity index (χ0n) is 20.7. The number of nitrogens with zero attached hydrogens (tertiary/aromatic N) is 1. The van der Waals surface area contributed by atoms with Crippen molar-refractivity contribution in [2.45, 2.75) is 24.0 Å². The fourth-order valence-electron chi connectivity index (χ4n) is 3.52. The Hall–Kier alpha value is -3.49. The second kappa shape index (κ2) is 11.3. The molecular formula is C24H23ClF3N3O6S2. The third-order valence-corrected chi connectivity index (χ3v) is 8.34. The van der Waals surface area contributed by atoms with Gasteiger partial charge in [-0.25, -0.2) is 16.8 Å². The molecule has 0 saturated carbocycles. The van der Waals surface area contributed by atoms with Crippen molar-refractivity contribution >= 4 is 54.6 Å². The van der Waals surface area contributed by atoms with Crippen LogP contribution >= 0.6 is 11.6 Å². The number of halogens is 4. The molecule has 0 aliphatic heterocycles. The maximum atomic E-state index is 13.1.